The summed E-state index contributed by atoms with van der Waals surface area (Å²) >= 11 is 1.20. The lowest BCUT2D eigenvalue weighted by molar-refractivity contribution is -0.137. The van der Waals surface area contributed by atoms with Crippen molar-refractivity contribution < 1.29 is 14.7 Å². The van der Waals surface area contributed by atoms with Crippen molar-refractivity contribution in [3.05, 3.63) is 35.9 Å². The highest BCUT2D eigenvalue weighted by molar-refractivity contribution is 8.01. The Hall–Kier alpha value is -1.49. The third-order valence-electron chi connectivity index (χ3n) is 3.49. The Morgan fingerprint density at radius 1 is 1.19 bits per heavy atom. The van der Waals surface area contributed by atoms with Crippen molar-refractivity contribution in [3.63, 3.8) is 0 Å². The van der Waals surface area contributed by atoms with Gasteiger partial charge in [-0.3, -0.25) is 9.59 Å². The summed E-state index contributed by atoms with van der Waals surface area (Å²) in [6.45, 7) is 5.67. The Morgan fingerprint density at radius 2 is 1.76 bits per heavy atom. The molecule has 2 atom stereocenters. The van der Waals surface area contributed by atoms with Crippen LogP contribution in [0.5, 0.6) is 0 Å². The molecule has 0 aromatic heterocycles. The summed E-state index contributed by atoms with van der Waals surface area (Å²) in [6.07, 6.45) is 0. The van der Waals surface area contributed by atoms with Gasteiger partial charge in [0.2, 0.25) is 5.91 Å². The summed E-state index contributed by atoms with van der Waals surface area (Å²) in [5.41, 5.74) is 1.07. The molecule has 1 amide bonds. The van der Waals surface area contributed by atoms with E-state index in [1.165, 1.54) is 11.8 Å². The number of hydrogen-bond acceptors (Lipinski definition) is 3. The molecule has 2 unspecified atom stereocenters. The van der Waals surface area contributed by atoms with Crippen molar-refractivity contribution in [2.75, 3.05) is 12.8 Å². The number of rotatable bonds is 7. The second kappa shape index (κ2) is 8.08. The van der Waals surface area contributed by atoms with Crippen LogP contribution in [0.1, 0.15) is 32.4 Å². The molecule has 5 heteroatoms. The van der Waals surface area contributed by atoms with Crippen molar-refractivity contribution in [2.24, 2.45) is 5.92 Å². The average Bonchev–Trinajstić information content (AvgIpc) is 2.45. The van der Waals surface area contributed by atoms with Crippen molar-refractivity contribution >= 4 is 23.6 Å². The fourth-order valence-corrected chi connectivity index (χ4v) is 3.04. The van der Waals surface area contributed by atoms with Gasteiger partial charge in [0.25, 0.3) is 0 Å². The summed E-state index contributed by atoms with van der Waals surface area (Å²) in [4.78, 5) is 25.0. The Labute approximate surface area is 130 Å². The van der Waals surface area contributed by atoms with Crippen LogP contribution in [0.4, 0.5) is 0 Å². The zero-order valence-corrected chi connectivity index (χ0v) is 13.8. The van der Waals surface area contributed by atoms with Crippen LogP contribution in [0.25, 0.3) is 0 Å². The maximum absolute atomic E-state index is 12.2. The first kappa shape index (κ1) is 17.6. The van der Waals surface area contributed by atoms with Crippen LogP contribution in [0.3, 0.4) is 0 Å². The molecule has 4 nitrogen and oxygen atoms in total. The third-order valence-corrected chi connectivity index (χ3v) is 5.01. The topological polar surface area (TPSA) is 57.6 Å². The lowest BCUT2D eigenvalue weighted by Crippen LogP contribution is -2.33. The van der Waals surface area contributed by atoms with E-state index in [9.17, 15) is 9.59 Å². The van der Waals surface area contributed by atoms with Crippen LogP contribution in [0.2, 0.25) is 0 Å². The molecule has 1 N–H and O–H groups in total. The molecule has 0 radical (unpaired) electrons. The highest BCUT2D eigenvalue weighted by Gasteiger charge is 2.25. The largest absolute Gasteiger partial charge is 0.480 e. The van der Waals surface area contributed by atoms with E-state index in [0.29, 0.717) is 0 Å². The molecule has 116 valence electrons. The van der Waals surface area contributed by atoms with E-state index in [1.807, 2.05) is 51.1 Å². The van der Waals surface area contributed by atoms with Crippen LogP contribution in [-0.2, 0) is 9.59 Å². The lowest BCUT2D eigenvalue weighted by Gasteiger charge is -2.26. The molecule has 0 aliphatic carbocycles. The van der Waals surface area contributed by atoms with E-state index in [1.54, 1.807) is 11.9 Å². The quantitative estimate of drug-likeness (QED) is 0.841. The van der Waals surface area contributed by atoms with Gasteiger partial charge in [-0.2, -0.15) is 0 Å². The van der Waals surface area contributed by atoms with Crippen molar-refractivity contribution in [2.45, 2.75) is 32.1 Å². The van der Waals surface area contributed by atoms with E-state index in [2.05, 4.69) is 0 Å². The number of carboxylic acid groups (broad SMARTS) is 1. The van der Waals surface area contributed by atoms with Gasteiger partial charge in [0.15, 0.2) is 0 Å². The van der Waals surface area contributed by atoms with Crippen molar-refractivity contribution in [1.82, 2.24) is 4.90 Å². The van der Waals surface area contributed by atoms with Gasteiger partial charge in [-0.05, 0) is 18.4 Å². The Balaban J connectivity index is 2.61. The zero-order valence-electron chi connectivity index (χ0n) is 12.9. The average molecular weight is 309 g/mol. The number of benzene rings is 1. The minimum absolute atomic E-state index is 0.00264. The summed E-state index contributed by atoms with van der Waals surface area (Å²) in [6, 6.07) is 9.76. The van der Waals surface area contributed by atoms with E-state index in [4.69, 9.17) is 5.11 Å². The normalized spacial score (nSPS) is 13.8. The van der Waals surface area contributed by atoms with E-state index < -0.39 is 11.2 Å². The van der Waals surface area contributed by atoms with E-state index >= 15 is 0 Å². The highest BCUT2D eigenvalue weighted by Crippen LogP contribution is 2.23. The molecule has 0 aliphatic rings. The fourth-order valence-electron chi connectivity index (χ4n) is 1.98. The SMILES string of the molecule is CC(C)C(SCC(=O)N(C)C(C)c1ccccc1)C(=O)O. The minimum Gasteiger partial charge on any atom is -0.480 e. The smallest absolute Gasteiger partial charge is 0.316 e. The lowest BCUT2D eigenvalue weighted by atomic mass is 10.1. The molecule has 0 spiro atoms. The Morgan fingerprint density at radius 3 is 2.24 bits per heavy atom. The zero-order chi connectivity index (χ0) is 16.0. The second-order valence-electron chi connectivity index (χ2n) is 5.41. The van der Waals surface area contributed by atoms with E-state index in [0.717, 1.165) is 5.56 Å². The number of amides is 1. The predicted octanol–water partition coefficient (Wildman–Crippen LogP) is 3.05. The van der Waals surface area contributed by atoms with Gasteiger partial charge >= 0.3 is 5.97 Å². The van der Waals surface area contributed by atoms with Gasteiger partial charge in [-0.25, -0.2) is 0 Å². The Bertz CT molecular complexity index is 476. The maximum Gasteiger partial charge on any atom is 0.316 e. The van der Waals surface area contributed by atoms with Gasteiger partial charge in [-0.1, -0.05) is 44.2 Å². The monoisotopic (exact) mass is 309 g/mol. The molecule has 1 aromatic rings. The molecule has 0 saturated carbocycles. The van der Waals surface area contributed by atoms with Gasteiger partial charge < -0.3 is 10.0 Å². The molecule has 0 heterocycles. The Kier molecular flexibility index (Phi) is 6.75. The second-order valence-corrected chi connectivity index (χ2v) is 6.54. The number of carboxylic acids is 1. The molecule has 0 aliphatic heterocycles. The van der Waals surface area contributed by atoms with Gasteiger partial charge in [0.05, 0.1) is 11.8 Å². The fraction of sp³-hybridized carbons (Fsp3) is 0.500. The molecule has 0 bridgehead atoms. The summed E-state index contributed by atoms with van der Waals surface area (Å²) in [5, 5.41) is 8.59. The molecule has 0 saturated heterocycles. The first-order valence-electron chi connectivity index (χ1n) is 6.99. The first-order valence-corrected chi connectivity index (χ1v) is 8.04. The first-order chi connectivity index (χ1) is 9.84. The number of thioether (sulfide) groups is 1. The van der Waals surface area contributed by atoms with Crippen LogP contribution < -0.4 is 0 Å². The van der Waals surface area contributed by atoms with E-state index in [-0.39, 0.29) is 23.6 Å². The number of carbonyl (C=O) groups excluding carboxylic acids is 1. The number of aliphatic carboxylic acids is 1. The van der Waals surface area contributed by atoms with Crippen LogP contribution in [-0.4, -0.2) is 39.9 Å². The number of carbonyl (C=O) groups is 2. The standard InChI is InChI=1S/C16H23NO3S/c1-11(2)15(16(19)20)21-10-14(18)17(4)12(3)13-8-6-5-7-9-13/h5-9,11-12,15H,10H2,1-4H3,(H,19,20). The number of nitrogens with zero attached hydrogens (tertiary/aromatic N) is 1. The number of hydrogen-bond donors (Lipinski definition) is 1. The molecule has 1 rings (SSSR count). The van der Waals surface area contributed by atoms with Crippen molar-refractivity contribution in [3.8, 4) is 0 Å². The molecular weight excluding hydrogens is 286 g/mol. The molecule has 0 fully saturated rings. The molecular formula is C16H23NO3S. The van der Waals surface area contributed by atoms with Crippen molar-refractivity contribution in [1.29, 1.82) is 0 Å². The molecule has 21 heavy (non-hydrogen) atoms. The summed E-state index contributed by atoms with van der Waals surface area (Å²) in [7, 11) is 1.76. The third kappa shape index (κ3) is 5.08. The summed E-state index contributed by atoms with van der Waals surface area (Å²) in [5.74, 6) is -0.731. The van der Waals surface area contributed by atoms with Gasteiger partial charge in [0.1, 0.15) is 5.25 Å². The van der Waals surface area contributed by atoms with Gasteiger partial charge in [-0.15, -0.1) is 11.8 Å². The van der Waals surface area contributed by atoms with Crippen LogP contribution in [0, 0.1) is 5.92 Å². The highest BCUT2D eigenvalue weighted by atomic mass is 32.2. The maximum atomic E-state index is 12.2. The summed E-state index contributed by atoms with van der Waals surface area (Å²) < 4.78 is 0. The van der Waals surface area contributed by atoms with Gasteiger partial charge in [0, 0.05) is 7.05 Å². The van der Waals surface area contributed by atoms with Crippen LogP contribution >= 0.6 is 11.8 Å². The predicted molar refractivity (Wildman–Crippen MR) is 86.3 cm³/mol. The van der Waals surface area contributed by atoms with Crippen LogP contribution in [0.15, 0.2) is 30.3 Å². The minimum atomic E-state index is -0.860. The molecule has 1 aromatic carbocycles.